The molecule has 1 spiro atoms. The average molecular weight is 252 g/mol. The number of fused-ring (bicyclic) bond motifs is 2. The zero-order chi connectivity index (χ0) is 13.0. The molecule has 3 aliphatic rings. The number of methoxy groups -OCH3 is 1. The van der Waals surface area contributed by atoms with E-state index in [1.807, 2.05) is 0 Å². The van der Waals surface area contributed by atoms with Crippen LogP contribution < -0.4 is 0 Å². The summed E-state index contributed by atoms with van der Waals surface area (Å²) in [6.07, 6.45) is 4.19. The molecule has 0 bridgehead atoms. The molecule has 18 heavy (non-hydrogen) atoms. The van der Waals surface area contributed by atoms with Gasteiger partial charge in [-0.15, -0.1) is 0 Å². The second kappa shape index (κ2) is 3.94. The van der Waals surface area contributed by atoms with Crippen molar-refractivity contribution in [2.24, 2.45) is 10.4 Å². The summed E-state index contributed by atoms with van der Waals surface area (Å²) in [4.78, 5) is 6.98. The van der Waals surface area contributed by atoms with Crippen LogP contribution in [0.4, 0.5) is 0 Å². The predicted molar refractivity (Wildman–Crippen MR) is 70.8 cm³/mol. The fourth-order valence-electron chi connectivity index (χ4n) is 4.17. The monoisotopic (exact) mass is 252 g/mol. The number of ether oxygens (including phenoxy) is 1. The van der Waals surface area contributed by atoms with Gasteiger partial charge in [0.2, 0.25) is 0 Å². The van der Waals surface area contributed by atoms with Crippen LogP contribution >= 0.6 is 0 Å². The molecule has 1 aliphatic carbocycles. The lowest BCUT2D eigenvalue weighted by atomic mass is 9.84. The molecule has 2 aliphatic heterocycles. The van der Waals surface area contributed by atoms with E-state index in [1.54, 1.807) is 7.11 Å². The van der Waals surface area contributed by atoms with Gasteiger partial charge in [0.1, 0.15) is 18.0 Å². The molecule has 4 nitrogen and oxygen atoms in total. The first-order chi connectivity index (χ1) is 8.47. The van der Waals surface area contributed by atoms with Crippen LogP contribution in [0.2, 0.25) is 0 Å². The van der Waals surface area contributed by atoms with Crippen molar-refractivity contribution in [3.63, 3.8) is 0 Å². The zero-order valence-electron chi connectivity index (χ0n) is 11.6. The Balaban J connectivity index is 1.91. The van der Waals surface area contributed by atoms with Crippen LogP contribution in [-0.4, -0.2) is 53.8 Å². The molecule has 3 unspecified atom stereocenters. The molecule has 1 saturated carbocycles. The number of β-amino-alcohol motifs (C(OH)–C–C–N with tert-alkyl or cyclic N) is 1. The second-order valence-electron chi connectivity index (χ2n) is 6.89. The molecule has 0 aromatic heterocycles. The van der Waals surface area contributed by atoms with Crippen molar-refractivity contribution in [2.45, 2.75) is 57.3 Å². The van der Waals surface area contributed by atoms with Gasteiger partial charge in [-0.1, -0.05) is 13.8 Å². The predicted octanol–water partition coefficient (Wildman–Crippen LogP) is 1.43. The Bertz CT molecular complexity index is 380. The summed E-state index contributed by atoms with van der Waals surface area (Å²) >= 11 is 0. The molecule has 3 atom stereocenters. The van der Waals surface area contributed by atoms with Gasteiger partial charge < -0.3 is 14.7 Å². The average Bonchev–Trinajstić information content (AvgIpc) is 2.78. The number of rotatable bonds is 1. The molecular weight excluding hydrogens is 228 g/mol. The Hall–Kier alpha value is -0.610. The van der Waals surface area contributed by atoms with E-state index in [0.717, 1.165) is 18.8 Å². The maximum Gasteiger partial charge on any atom is 0.142 e. The molecule has 3 rings (SSSR count). The number of aliphatic imine (C=N–C) groups is 1. The molecule has 2 fully saturated rings. The van der Waals surface area contributed by atoms with E-state index >= 15 is 0 Å². The van der Waals surface area contributed by atoms with E-state index in [9.17, 15) is 5.11 Å². The van der Waals surface area contributed by atoms with Gasteiger partial charge in [0.15, 0.2) is 0 Å². The highest BCUT2D eigenvalue weighted by Crippen LogP contribution is 2.50. The highest BCUT2D eigenvalue weighted by molar-refractivity contribution is 5.90. The maximum atomic E-state index is 10.1. The quantitative estimate of drug-likeness (QED) is 0.768. The number of hydrogen-bond acceptors (Lipinski definition) is 4. The van der Waals surface area contributed by atoms with Crippen molar-refractivity contribution < 1.29 is 9.84 Å². The summed E-state index contributed by atoms with van der Waals surface area (Å²) in [7, 11) is 1.67. The van der Waals surface area contributed by atoms with Crippen molar-refractivity contribution in [3.8, 4) is 0 Å². The first-order valence-corrected chi connectivity index (χ1v) is 7.00. The first-order valence-electron chi connectivity index (χ1n) is 7.00. The molecule has 102 valence electrons. The summed E-state index contributed by atoms with van der Waals surface area (Å²) in [5.41, 5.74) is 0.646. The Morgan fingerprint density at radius 3 is 2.72 bits per heavy atom. The van der Waals surface area contributed by atoms with Crippen LogP contribution in [-0.2, 0) is 4.74 Å². The number of aliphatic hydroxyl groups is 1. The van der Waals surface area contributed by atoms with Gasteiger partial charge in [0.25, 0.3) is 0 Å². The third-order valence-corrected chi connectivity index (χ3v) is 5.00. The van der Waals surface area contributed by atoms with Crippen molar-refractivity contribution in [3.05, 3.63) is 0 Å². The van der Waals surface area contributed by atoms with Crippen LogP contribution in [0.5, 0.6) is 0 Å². The molecular formula is C14H24N2O2. The topological polar surface area (TPSA) is 45.1 Å². The summed E-state index contributed by atoms with van der Waals surface area (Å²) < 4.78 is 5.43. The van der Waals surface area contributed by atoms with Gasteiger partial charge in [-0.25, -0.2) is 0 Å². The van der Waals surface area contributed by atoms with Gasteiger partial charge in [-0.2, -0.15) is 0 Å². The Labute approximate surface area is 109 Å². The second-order valence-corrected chi connectivity index (χ2v) is 6.89. The Kier molecular flexibility index (Phi) is 2.72. The summed E-state index contributed by atoms with van der Waals surface area (Å²) in [6.45, 7) is 6.28. The van der Waals surface area contributed by atoms with E-state index in [2.05, 4.69) is 23.7 Å². The molecule has 1 saturated heterocycles. The summed E-state index contributed by atoms with van der Waals surface area (Å²) in [5, 5.41) is 10.1. The minimum atomic E-state index is -0.424. The summed E-state index contributed by atoms with van der Waals surface area (Å²) in [6, 6.07) is 0. The van der Waals surface area contributed by atoms with E-state index in [1.165, 1.54) is 19.3 Å². The smallest absolute Gasteiger partial charge is 0.142 e. The highest BCUT2D eigenvalue weighted by atomic mass is 16.5. The number of amidine groups is 1. The highest BCUT2D eigenvalue weighted by Gasteiger charge is 2.54. The molecule has 0 amide bonds. The van der Waals surface area contributed by atoms with Gasteiger partial charge in [0.05, 0.1) is 0 Å². The minimum absolute atomic E-state index is 0.217. The fourth-order valence-corrected chi connectivity index (χ4v) is 4.17. The van der Waals surface area contributed by atoms with Crippen LogP contribution in [0, 0.1) is 5.41 Å². The van der Waals surface area contributed by atoms with Gasteiger partial charge in [0, 0.05) is 25.7 Å². The zero-order valence-corrected chi connectivity index (χ0v) is 11.6. The molecule has 4 heteroatoms. The SMILES string of the molecule is COC1C2=NCCC3(CCC(C)(C)C3)N2CC1O. The number of hydrogen-bond donors (Lipinski definition) is 1. The van der Waals surface area contributed by atoms with E-state index in [0.29, 0.717) is 12.0 Å². The number of nitrogens with zero attached hydrogens (tertiary/aromatic N) is 2. The van der Waals surface area contributed by atoms with Crippen molar-refractivity contribution >= 4 is 5.84 Å². The van der Waals surface area contributed by atoms with Crippen LogP contribution in [0.15, 0.2) is 4.99 Å². The normalized spacial score (nSPS) is 42.2. The van der Waals surface area contributed by atoms with Crippen LogP contribution in [0.1, 0.15) is 39.5 Å². The van der Waals surface area contributed by atoms with Gasteiger partial charge >= 0.3 is 0 Å². The maximum absolute atomic E-state index is 10.1. The minimum Gasteiger partial charge on any atom is -0.388 e. The molecule has 0 radical (unpaired) electrons. The van der Waals surface area contributed by atoms with E-state index in [-0.39, 0.29) is 11.6 Å². The summed E-state index contributed by atoms with van der Waals surface area (Å²) in [5.74, 6) is 0.994. The largest absolute Gasteiger partial charge is 0.388 e. The van der Waals surface area contributed by atoms with Gasteiger partial charge in [-0.05, 0) is 31.1 Å². The van der Waals surface area contributed by atoms with Crippen LogP contribution in [0.3, 0.4) is 0 Å². The first kappa shape index (κ1) is 12.4. The molecule has 1 N–H and O–H groups in total. The van der Waals surface area contributed by atoms with Crippen molar-refractivity contribution in [1.82, 2.24) is 4.90 Å². The Morgan fingerprint density at radius 2 is 2.11 bits per heavy atom. The molecule has 2 heterocycles. The van der Waals surface area contributed by atoms with Crippen LogP contribution in [0.25, 0.3) is 0 Å². The van der Waals surface area contributed by atoms with Crippen molar-refractivity contribution in [1.29, 1.82) is 0 Å². The van der Waals surface area contributed by atoms with Gasteiger partial charge in [-0.3, -0.25) is 4.99 Å². The number of aliphatic hydroxyl groups excluding tert-OH is 1. The lowest BCUT2D eigenvalue weighted by Crippen LogP contribution is -2.52. The van der Waals surface area contributed by atoms with E-state index in [4.69, 9.17) is 4.74 Å². The lowest BCUT2D eigenvalue weighted by Gasteiger charge is -2.44. The molecule has 0 aromatic carbocycles. The van der Waals surface area contributed by atoms with E-state index < -0.39 is 6.10 Å². The Morgan fingerprint density at radius 1 is 1.33 bits per heavy atom. The third kappa shape index (κ3) is 1.69. The molecule has 0 aromatic rings. The third-order valence-electron chi connectivity index (χ3n) is 5.00. The fraction of sp³-hybridized carbons (Fsp3) is 0.929. The lowest BCUT2D eigenvalue weighted by molar-refractivity contribution is 0.0382. The standard InChI is InChI=1S/C14H24N2O2/c1-13(2)4-5-14(9-13)6-7-15-12-11(18-3)10(17)8-16(12)14/h10-11,17H,4-9H2,1-3H3. The van der Waals surface area contributed by atoms with Crippen molar-refractivity contribution in [2.75, 3.05) is 20.2 Å².